The Bertz CT molecular complexity index is 441. The first-order chi connectivity index (χ1) is 8.95. The van der Waals surface area contributed by atoms with Crippen LogP contribution in [0.5, 0.6) is 0 Å². The first kappa shape index (κ1) is 15.8. The molecule has 0 saturated heterocycles. The maximum Gasteiger partial charge on any atom is 0.164 e. The second-order valence-electron chi connectivity index (χ2n) is 4.20. The molecular weight excluding hydrogens is 268 g/mol. The highest BCUT2D eigenvalue weighted by atomic mass is 35.5. The summed E-state index contributed by atoms with van der Waals surface area (Å²) >= 11 is 5.74. The lowest BCUT2D eigenvalue weighted by Crippen LogP contribution is -2.31. The smallest absolute Gasteiger partial charge is 0.164 e. The lowest BCUT2D eigenvalue weighted by Gasteiger charge is -2.19. The molecule has 19 heavy (non-hydrogen) atoms. The van der Waals surface area contributed by atoms with Crippen molar-refractivity contribution in [1.82, 2.24) is 0 Å². The average molecular weight is 285 g/mol. The number of benzene rings is 1. The fraction of sp³-hybridized carbons (Fsp3) is 0.429. The van der Waals surface area contributed by atoms with Gasteiger partial charge in [-0.2, -0.15) is 0 Å². The summed E-state index contributed by atoms with van der Waals surface area (Å²) < 4.78 is 4.98. The summed E-state index contributed by atoms with van der Waals surface area (Å²) in [6.45, 7) is 3.32. The van der Waals surface area contributed by atoms with Gasteiger partial charge in [-0.25, -0.2) is 0 Å². The predicted molar refractivity (Wildman–Crippen MR) is 72.2 cm³/mol. The third kappa shape index (κ3) is 4.74. The SMILES string of the molecule is CCOC(O)C(CC(=O)c1ccc(Cl)cc1)C(C)=O. The molecular formula is C14H17ClO4. The maximum absolute atomic E-state index is 12.0. The fourth-order valence-electron chi connectivity index (χ4n) is 1.69. The number of aliphatic hydroxyl groups is 1. The number of halogens is 1. The Kier molecular flexibility index (Phi) is 6.15. The summed E-state index contributed by atoms with van der Waals surface area (Å²) in [5.41, 5.74) is 0.458. The number of carbonyl (C=O) groups excluding carboxylic acids is 2. The van der Waals surface area contributed by atoms with Gasteiger partial charge in [0.05, 0.1) is 5.92 Å². The molecule has 1 aromatic carbocycles. The van der Waals surface area contributed by atoms with Crippen molar-refractivity contribution in [3.63, 3.8) is 0 Å². The van der Waals surface area contributed by atoms with E-state index in [2.05, 4.69) is 0 Å². The number of hydrogen-bond donors (Lipinski definition) is 1. The Morgan fingerprint density at radius 3 is 2.37 bits per heavy atom. The van der Waals surface area contributed by atoms with Crippen molar-refractivity contribution in [3.05, 3.63) is 34.9 Å². The lowest BCUT2D eigenvalue weighted by atomic mass is 9.94. The minimum absolute atomic E-state index is 0.0852. The summed E-state index contributed by atoms with van der Waals surface area (Å²) in [5.74, 6) is -1.35. The van der Waals surface area contributed by atoms with Crippen molar-refractivity contribution >= 4 is 23.2 Å². The molecule has 0 spiro atoms. The first-order valence-corrected chi connectivity index (χ1v) is 6.42. The number of rotatable bonds is 7. The van der Waals surface area contributed by atoms with Crippen LogP contribution in [-0.2, 0) is 9.53 Å². The molecule has 104 valence electrons. The third-order valence-corrected chi connectivity index (χ3v) is 3.03. The number of aliphatic hydroxyl groups excluding tert-OH is 1. The van der Waals surface area contributed by atoms with Crippen molar-refractivity contribution in [1.29, 1.82) is 0 Å². The van der Waals surface area contributed by atoms with Crippen LogP contribution in [0.2, 0.25) is 5.02 Å². The number of ketones is 2. The highest BCUT2D eigenvalue weighted by Gasteiger charge is 2.27. The Hall–Kier alpha value is -1.23. The summed E-state index contributed by atoms with van der Waals surface area (Å²) in [6.07, 6.45) is -1.34. The van der Waals surface area contributed by atoms with Crippen molar-refractivity contribution in [3.8, 4) is 0 Å². The van der Waals surface area contributed by atoms with Crippen LogP contribution in [0.3, 0.4) is 0 Å². The summed E-state index contributed by atoms with van der Waals surface area (Å²) in [4.78, 5) is 23.5. The molecule has 0 aliphatic carbocycles. The van der Waals surface area contributed by atoms with Gasteiger partial charge in [-0.05, 0) is 38.1 Å². The van der Waals surface area contributed by atoms with Gasteiger partial charge in [-0.15, -0.1) is 0 Å². The summed E-state index contributed by atoms with van der Waals surface area (Å²) in [7, 11) is 0. The lowest BCUT2D eigenvalue weighted by molar-refractivity contribution is -0.151. The van der Waals surface area contributed by atoms with Gasteiger partial charge in [0.15, 0.2) is 12.1 Å². The molecule has 2 unspecified atom stereocenters. The Labute approximate surface area is 117 Å². The second-order valence-corrected chi connectivity index (χ2v) is 4.63. The molecule has 0 amide bonds. The molecule has 0 bridgehead atoms. The zero-order chi connectivity index (χ0) is 14.4. The van der Waals surface area contributed by atoms with E-state index in [9.17, 15) is 14.7 Å². The number of hydrogen-bond acceptors (Lipinski definition) is 4. The van der Waals surface area contributed by atoms with Gasteiger partial charge in [0.1, 0.15) is 5.78 Å². The Morgan fingerprint density at radius 2 is 1.89 bits per heavy atom. The average Bonchev–Trinajstić information content (AvgIpc) is 2.36. The quantitative estimate of drug-likeness (QED) is 0.617. The van der Waals surface area contributed by atoms with Crippen LogP contribution < -0.4 is 0 Å². The topological polar surface area (TPSA) is 63.6 Å². The van der Waals surface area contributed by atoms with Gasteiger partial charge in [0.2, 0.25) is 0 Å². The molecule has 0 fully saturated rings. The molecule has 0 heterocycles. The van der Waals surface area contributed by atoms with E-state index in [-0.39, 0.29) is 24.6 Å². The van der Waals surface area contributed by atoms with Gasteiger partial charge < -0.3 is 9.84 Å². The van der Waals surface area contributed by atoms with Crippen molar-refractivity contribution in [2.75, 3.05) is 6.61 Å². The number of Topliss-reactive ketones (excluding diaryl/α,β-unsaturated/α-hetero) is 2. The van der Waals surface area contributed by atoms with Crippen molar-refractivity contribution < 1.29 is 19.4 Å². The molecule has 5 heteroatoms. The number of carbonyl (C=O) groups is 2. The molecule has 1 rings (SSSR count). The molecule has 1 aromatic rings. The molecule has 1 N–H and O–H groups in total. The monoisotopic (exact) mass is 284 g/mol. The Morgan fingerprint density at radius 1 is 1.32 bits per heavy atom. The van der Waals surface area contributed by atoms with Crippen LogP contribution in [0.15, 0.2) is 24.3 Å². The molecule has 0 aliphatic rings. The largest absolute Gasteiger partial charge is 0.367 e. The zero-order valence-electron chi connectivity index (χ0n) is 10.9. The van der Waals surface area contributed by atoms with E-state index in [0.717, 1.165) is 0 Å². The van der Waals surface area contributed by atoms with E-state index in [1.807, 2.05) is 0 Å². The van der Waals surface area contributed by atoms with Gasteiger partial charge in [0.25, 0.3) is 0 Å². The van der Waals surface area contributed by atoms with Crippen LogP contribution in [-0.4, -0.2) is 29.6 Å². The van der Waals surface area contributed by atoms with Gasteiger partial charge in [-0.1, -0.05) is 11.6 Å². The molecule has 0 aromatic heterocycles. The predicted octanol–water partition coefficient (Wildman–Crippen LogP) is 2.47. The standard InChI is InChI=1S/C14H17ClO4/c1-3-19-14(18)12(9(2)16)8-13(17)10-4-6-11(15)7-5-10/h4-7,12,14,18H,3,8H2,1-2H3. The highest BCUT2D eigenvalue weighted by molar-refractivity contribution is 6.30. The molecule has 0 aliphatic heterocycles. The van der Waals surface area contributed by atoms with Crippen LogP contribution in [0.1, 0.15) is 30.6 Å². The normalized spacial score (nSPS) is 13.9. The molecule has 2 atom stereocenters. The highest BCUT2D eigenvalue weighted by Crippen LogP contribution is 2.17. The van der Waals surface area contributed by atoms with Crippen LogP contribution >= 0.6 is 11.6 Å². The van der Waals surface area contributed by atoms with Gasteiger partial charge in [0, 0.05) is 23.6 Å². The van der Waals surface area contributed by atoms with E-state index in [4.69, 9.17) is 16.3 Å². The molecule has 4 nitrogen and oxygen atoms in total. The van der Waals surface area contributed by atoms with E-state index in [1.54, 1.807) is 31.2 Å². The van der Waals surface area contributed by atoms with E-state index < -0.39 is 12.2 Å². The van der Waals surface area contributed by atoms with Crippen molar-refractivity contribution in [2.24, 2.45) is 5.92 Å². The Balaban J connectivity index is 2.76. The van der Waals surface area contributed by atoms with Crippen molar-refractivity contribution in [2.45, 2.75) is 26.6 Å². The second kappa shape index (κ2) is 7.38. The van der Waals surface area contributed by atoms with Gasteiger partial charge in [-0.3, -0.25) is 9.59 Å². The van der Waals surface area contributed by atoms with Crippen LogP contribution in [0, 0.1) is 5.92 Å². The summed E-state index contributed by atoms with van der Waals surface area (Å²) in [5, 5.41) is 10.2. The van der Waals surface area contributed by atoms with Gasteiger partial charge >= 0.3 is 0 Å². The summed E-state index contributed by atoms with van der Waals surface area (Å²) in [6, 6.07) is 6.40. The minimum atomic E-state index is -1.25. The van der Waals surface area contributed by atoms with Crippen LogP contribution in [0.4, 0.5) is 0 Å². The van der Waals surface area contributed by atoms with E-state index in [0.29, 0.717) is 10.6 Å². The maximum atomic E-state index is 12.0. The minimum Gasteiger partial charge on any atom is -0.367 e. The first-order valence-electron chi connectivity index (χ1n) is 6.04. The third-order valence-electron chi connectivity index (χ3n) is 2.78. The number of ether oxygens (including phenoxy) is 1. The fourth-order valence-corrected chi connectivity index (χ4v) is 1.81. The zero-order valence-corrected chi connectivity index (χ0v) is 11.7. The van der Waals surface area contributed by atoms with Crippen LogP contribution in [0.25, 0.3) is 0 Å². The van der Waals surface area contributed by atoms with E-state index in [1.165, 1.54) is 6.92 Å². The molecule has 0 radical (unpaired) electrons. The molecule has 0 saturated carbocycles. The van der Waals surface area contributed by atoms with E-state index >= 15 is 0 Å².